The van der Waals surface area contributed by atoms with E-state index in [4.69, 9.17) is 0 Å². The van der Waals surface area contributed by atoms with E-state index in [-0.39, 0.29) is 17.8 Å². The zero-order chi connectivity index (χ0) is 22.9. The molecule has 2 aromatic carbocycles. The summed E-state index contributed by atoms with van der Waals surface area (Å²) in [5, 5.41) is 4.57. The molecule has 1 aliphatic heterocycles. The van der Waals surface area contributed by atoms with Crippen LogP contribution < -0.4 is 0 Å². The quantitative estimate of drug-likeness (QED) is 0.439. The molecule has 2 atom stereocenters. The molecule has 0 radical (unpaired) electrons. The fraction of sp³-hybridized carbons (Fsp3) is 0.292. The van der Waals surface area contributed by atoms with Crippen LogP contribution in [-0.2, 0) is 19.6 Å². The summed E-state index contributed by atoms with van der Waals surface area (Å²) in [5.74, 6) is -0.326. The van der Waals surface area contributed by atoms with Gasteiger partial charge in [0.2, 0.25) is 0 Å². The maximum Gasteiger partial charge on any atom is 0.181 e. The number of halogens is 3. The molecule has 5 rings (SSSR count). The van der Waals surface area contributed by atoms with E-state index >= 15 is 0 Å². The van der Waals surface area contributed by atoms with Gasteiger partial charge in [-0.05, 0) is 42.8 Å². The zero-order valence-electron chi connectivity index (χ0n) is 18.1. The van der Waals surface area contributed by atoms with E-state index in [0.717, 1.165) is 17.5 Å². The van der Waals surface area contributed by atoms with Gasteiger partial charge in [-0.25, -0.2) is 27.8 Å². The van der Waals surface area contributed by atoms with Crippen LogP contribution in [0.1, 0.15) is 24.2 Å². The largest absolute Gasteiger partial charge is 0.337 e. The van der Waals surface area contributed by atoms with Crippen molar-refractivity contribution in [1.82, 2.24) is 29.2 Å². The second-order valence-corrected chi connectivity index (χ2v) is 8.32. The molecule has 0 saturated carbocycles. The molecule has 33 heavy (non-hydrogen) atoms. The summed E-state index contributed by atoms with van der Waals surface area (Å²) in [6.45, 7) is 4.45. The number of hydrogen-bond acceptors (Lipinski definition) is 4. The second-order valence-electron chi connectivity index (χ2n) is 8.32. The molecule has 4 aromatic rings. The van der Waals surface area contributed by atoms with Crippen molar-refractivity contribution in [3.8, 4) is 11.4 Å². The van der Waals surface area contributed by atoms with Crippen molar-refractivity contribution in [2.24, 2.45) is 0 Å². The first kappa shape index (κ1) is 21.4. The normalized spacial score (nSPS) is 15.9. The van der Waals surface area contributed by atoms with Crippen LogP contribution in [0.25, 0.3) is 11.4 Å². The van der Waals surface area contributed by atoms with Crippen LogP contribution in [-0.4, -0.2) is 41.8 Å². The summed E-state index contributed by atoms with van der Waals surface area (Å²) in [5.41, 5.74) is 1.22. The minimum atomic E-state index is -0.593. The van der Waals surface area contributed by atoms with Gasteiger partial charge in [-0.2, -0.15) is 5.10 Å². The van der Waals surface area contributed by atoms with E-state index in [2.05, 4.69) is 26.9 Å². The van der Waals surface area contributed by atoms with Gasteiger partial charge in [0.1, 0.15) is 23.3 Å². The molecule has 2 aromatic heterocycles. The van der Waals surface area contributed by atoms with Crippen molar-refractivity contribution in [3.05, 3.63) is 90.0 Å². The molecule has 0 spiro atoms. The molecule has 2 unspecified atom stereocenters. The van der Waals surface area contributed by atoms with Gasteiger partial charge in [-0.3, -0.25) is 4.90 Å². The van der Waals surface area contributed by atoms with Gasteiger partial charge in [0.15, 0.2) is 5.82 Å². The van der Waals surface area contributed by atoms with Crippen LogP contribution in [0.4, 0.5) is 13.2 Å². The lowest BCUT2D eigenvalue weighted by molar-refractivity contribution is 0.131. The number of hydrogen-bond donors (Lipinski definition) is 0. The third-order valence-corrected chi connectivity index (χ3v) is 6.28. The van der Waals surface area contributed by atoms with Gasteiger partial charge in [0, 0.05) is 49.1 Å². The monoisotopic (exact) mass is 452 g/mol. The molecule has 1 aliphatic rings. The molecular formula is C24H23F3N6. The summed E-state index contributed by atoms with van der Waals surface area (Å²) in [6.07, 6.45) is 5.22. The Kier molecular flexibility index (Phi) is 5.72. The lowest BCUT2D eigenvalue weighted by atomic mass is 9.90. The predicted molar refractivity (Wildman–Crippen MR) is 117 cm³/mol. The van der Waals surface area contributed by atoms with Gasteiger partial charge < -0.3 is 4.57 Å². The van der Waals surface area contributed by atoms with Crippen molar-refractivity contribution in [2.45, 2.75) is 38.5 Å². The molecule has 9 heteroatoms. The summed E-state index contributed by atoms with van der Waals surface area (Å²) in [4.78, 5) is 11.0. The van der Waals surface area contributed by atoms with Crippen molar-refractivity contribution in [2.75, 3.05) is 6.54 Å². The Labute approximate surface area is 189 Å². The summed E-state index contributed by atoms with van der Waals surface area (Å²) in [6, 6.07) is 9.81. The number of fused-ring (bicyclic) bond motifs is 1. The maximum absolute atomic E-state index is 14.8. The van der Waals surface area contributed by atoms with Crippen molar-refractivity contribution in [1.29, 1.82) is 0 Å². The van der Waals surface area contributed by atoms with E-state index in [0.29, 0.717) is 37.6 Å². The molecule has 0 amide bonds. The van der Waals surface area contributed by atoms with Crippen molar-refractivity contribution < 1.29 is 13.2 Å². The number of nitrogens with zero attached hydrogens (tertiary/aromatic N) is 6. The van der Waals surface area contributed by atoms with E-state index in [1.165, 1.54) is 24.3 Å². The van der Waals surface area contributed by atoms with Gasteiger partial charge in [0.25, 0.3) is 0 Å². The van der Waals surface area contributed by atoms with Crippen molar-refractivity contribution >= 4 is 0 Å². The topological polar surface area (TPSA) is 51.8 Å². The lowest BCUT2D eigenvalue weighted by Gasteiger charge is -2.37. The van der Waals surface area contributed by atoms with E-state index in [1.807, 2.05) is 15.4 Å². The summed E-state index contributed by atoms with van der Waals surface area (Å²) >= 11 is 0. The Hall–Kier alpha value is -3.46. The molecular weight excluding hydrogens is 429 g/mol. The first-order valence-corrected chi connectivity index (χ1v) is 10.8. The molecule has 0 bridgehead atoms. The average molecular weight is 452 g/mol. The smallest absolute Gasteiger partial charge is 0.181 e. The molecule has 0 fully saturated rings. The first-order chi connectivity index (χ1) is 16.0. The molecule has 0 saturated heterocycles. The third-order valence-electron chi connectivity index (χ3n) is 6.28. The zero-order valence-corrected chi connectivity index (χ0v) is 18.1. The van der Waals surface area contributed by atoms with Crippen molar-refractivity contribution in [3.63, 3.8) is 0 Å². The van der Waals surface area contributed by atoms with Crippen LogP contribution >= 0.6 is 0 Å². The number of aromatic nitrogens is 5. The number of benzene rings is 2. The number of rotatable bonds is 6. The first-order valence-electron chi connectivity index (χ1n) is 10.8. The Bertz CT molecular complexity index is 1240. The van der Waals surface area contributed by atoms with Crippen LogP contribution in [0.3, 0.4) is 0 Å². The third kappa shape index (κ3) is 4.41. The van der Waals surface area contributed by atoms with Gasteiger partial charge in [-0.15, -0.1) is 0 Å². The molecule has 0 aliphatic carbocycles. The van der Waals surface area contributed by atoms with Gasteiger partial charge >= 0.3 is 0 Å². The van der Waals surface area contributed by atoms with Gasteiger partial charge in [0.05, 0.1) is 19.4 Å². The standard InChI is InChI=1S/C24H23F3N6/c1-16(21(13-31-9-8-28-15-31)20-7-6-19(26)12-22(20)27)32-10-11-33-23(14-32)29-24(30-33)17-2-4-18(25)5-3-17/h2-9,12,15-16,21H,10-11,13-14H2,1H3. The summed E-state index contributed by atoms with van der Waals surface area (Å²) < 4.78 is 45.4. The van der Waals surface area contributed by atoms with Gasteiger partial charge in [-0.1, -0.05) is 6.07 Å². The van der Waals surface area contributed by atoms with Crippen LogP contribution in [0.2, 0.25) is 0 Å². The fourth-order valence-corrected chi connectivity index (χ4v) is 4.41. The second kappa shape index (κ2) is 8.82. The SMILES string of the molecule is CC(C(Cn1ccnc1)c1ccc(F)cc1F)N1CCn2nc(-c3ccc(F)cc3)nc2C1. The van der Waals surface area contributed by atoms with E-state index in [1.54, 1.807) is 24.7 Å². The average Bonchev–Trinajstić information content (AvgIpc) is 3.47. The van der Waals surface area contributed by atoms with Crippen LogP contribution in [0.15, 0.2) is 61.2 Å². The highest BCUT2D eigenvalue weighted by molar-refractivity contribution is 5.54. The highest BCUT2D eigenvalue weighted by Crippen LogP contribution is 2.30. The summed E-state index contributed by atoms with van der Waals surface area (Å²) in [7, 11) is 0. The number of imidazole rings is 1. The lowest BCUT2D eigenvalue weighted by Crippen LogP contribution is -2.44. The Morgan fingerprint density at radius 2 is 1.79 bits per heavy atom. The highest BCUT2D eigenvalue weighted by atomic mass is 19.1. The predicted octanol–water partition coefficient (Wildman–Crippen LogP) is 4.25. The minimum absolute atomic E-state index is 0.0629. The fourth-order valence-electron chi connectivity index (χ4n) is 4.41. The Balaban J connectivity index is 1.41. The highest BCUT2D eigenvalue weighted by Gasteiger charge is 2.31. The molecule has 3 heterocycles. The maximum atomic E-state index is 14.8. The Morgan fingerprint density at radius 3 is 2.52 bits per heavy atom. The Morgan fingerprint density at radius 1 is 1.00 bits per heavy atom. The van der Waals surface area contributed by atoms with E-state index < -0.39 is 11.6 Å². The molecule has 6 nitrogen and oxygen atoms in total. The van der Waals surface area contributed by atoms with Crippen LogP contribution in [0.5, 0.6) is 0 Å². The van der Waals surface area contributed by atoms with Crippen LogP contribution in [0, 0.1) is 17.5 Å². The van der Waals surface area contributed by atoms with E-state index in [9.17, 15) is 13.2 Å². The molecule has 0 N–H and O–H groups in total. The minimum Gasteiger partial charge on any atom is -0.337 e. The molecule has 170 valence electrons.